The third-order valence-electron chi connectivity index (χ3n) is 1.01. The second-order valence-corrected chi connectivity index (χ2v) is 2.41. The van der Waals surface area contributed by atoms with E-state index >= 15 is 0 Å². The molecule has 10 heavy (non-hydrogen) atoms. The maximum absolute atomic E-state index is 5.09. The largest absolute Gasteiger partial charge is 0.390 e. The Morgan fingerprint density at radius 2 is 2.70 bits per heavy atom. The number of nitrogens with zero attached hydrogens (tertiary/aromatic N) is 2. The lowest BCUT2D eigenvalue weighted by Crippen LogP contribution is -1.86. The van der Waals surface area contributed by atoms with E-state index < -0.39 is 0 Å². The molecule has 3 N–H and O–H groups in total. The summed E-state index contributed by atoms with van der Waals surface area (Å²) < 4.78 is 0. The number of H-pyrrole nitrogens is 1. The number of nitrogens with two attached hydrogens (primary N) is 1. The van der Waals surface area contributed by atoms with E-state index in [0.717, 1.165) is 10.7 Å². The Kier molecular flexibility index (Phi) is 2.33. The summed E-state index contributed by atoms with van der Waals surface area (Å²) in [7, 11) is 0. The summed E-state index contributed by atoms with van der Waals surface area (Å²) in [6, 6.07) is 0. The van der Waals surface area contributed by atoms with E-state index in [0.29, 0.717) is 0 Å². The van der Waals surface area contributed by atoms with Crippen molar-refractivity contribution in [2.24, 2.45) is 10.7 Å². The Labute approximate surface area is 62.9 Å². The lowest BCUT2D eigenvalue weighted by Gasteiger charge is -1.88. The zero-order chi connectivity index (χ0) is 7.40. The first-order chi connectivity index (χ1) is 4.88. The van der Waals surface area contributed by atoms with Crippen LogP contribution >= 0.6 is 11.8 Å². The number of aromatic nitrogens is 2. The molecule has 0 radical (unpaired) electrons. The fraction of sp³-hybridized carbons (Fsp3) is 0.200. The third-order valence-corrected chi connectivity index (χ3v) is 1.75. The minimum absolute atomic E-state index is 0.718. The van der Waals surface area contributed by atoms with Gasteiger partial charge in [-0.25, -0.2) is 4.99 Å². The molecule has 1 rings (SSSR count). The van der Waals surface area contributed by atoms with Crippen molar-refractivity contribution in [2.75, 3.05) is 6.26 Å². The van der Waals surface area contributed by atoms with Crippen molar-refractivity contribution >= 4 is 23.9 Å². The van der Waals surface area contributed by atoms with Crippen LogP contribution in [0.3, 0.4) is 0 Å². The van der Waals surface area contributed by atoms with Gasteiger partial charge in [-0.3, -0.25) is 5.10 Å². The second kappa shape index (κ2) is 3.26. The average molecular weight is 156 g/mol. The Morgan fingerprint density at radius 3 is 3.30 bits per heavy atom. The van der Waals surface area contributed by atoms with E-state index in [2.05, 4.69) is 15.2 Å². The lowest BCUT2D eigenvalue weighted by atomic mass is 10.6. The molecule has 0 atom stereocenters. The van der Waals surface area contributed by atoms with E-state index in [9.17, 15) is 0 Å². The summed E-state index contributed by atoms with van der Waals surface area (Å²) in [5, 5.41) is 6.51. The normalized spacial score (nSPS) is 10.9. The molecule has 54 valence electrons. The van der Waals surface area contributed by atoms with Gasteiger partial charge >= 0.3 is 0 Å². The van der Waals surface area contributed by atoms with Crippen molar-refractivity contribution in [3.05, 3.63) is 6.20 Å². The molecule has 0 amide bonds. The number of aliphatic imine (C=N–C) groups is 1. The zero-order valence-corrected chi connectivity index (χ0v) is 6.35. The number of thioether (sulfide) groups is 1. The maximum atomic E-state index is 5.09. The summed E-state index contributed by atoms with van der Waals surface area (Å²) in [4.78, 5) is 4.85. The molecule has 0 saturated heterocycles. The second-order valence-electron chi connectivity index (χ2n) is 1.57. The maximum Gasteiger partial charge on any atom is 0.163 e. The Hall–Kier alpha value is -0.970. The molecule has 0 unspecified atom stereocenters. The molecule has 0 aromatic carbocycles. The summed E-state index contributed by atoms with van der Waals surface area (Å²) in [6.07, 6.45) is 4.92. The predicted octanol–water partition coefficient (Wildman–Crippen LogP) is 0.750. The fourth-order valence-electron chi connectivity index (χ4n) is 0.585. The van der Waals surface area contributed by atoms with Crippen LogP contribution in [0.5, 0.6) is 0 Å². The molecule has 1 heterocycles. The van der Waals surface area contributed by atoms with Crippen molar-refractivity contribution in [1.29, 1.82) is 0 Å². The van der Waals surface area contributed by atoms with Gasteiger partial charge in [-0.2, -0.15) is 5.10 Å². The van der Waals surface area contributed by atoms with Crippen LogP contribution in [0, 0.1) is 0 Å². The first-order valence-electron chi connectivity index (χ1n) is 2.70. The summed E-state index contributed by atoms with van der Waals surface area (Å²) >= 11 is 1.58. The van der Waals surface area contributed by atoms with Gasteiger partial charge < -0.3 is 5.73 Å². The number of aromatic amines is 1. The van der Waals surface area contributed by atoms with Gasteiger partial charge in [-0.05, 0) is 6.26 Å². The summed E-state index contributed by atoms with van der Waals surface area (Å²) in [6.45, 7) is 0. The number of rotatable bonds is 2. The molecule has 1 aromatic heterocycles. The highest BCUT2D eigenvalue weighted by Crippen LogP contribution is 2.23. The van der Waals surface area contributed by atoms with Gasteiger partial charge in [0.25, 0.3) is 0 Å². The Morgan fingerprint density at radius 1 is 1.90 bits per heavy atom. The van der Waals surface area contributed by atoms with Gasteiger partial charge in [0.2, 0.25) is 0 Å². The van der Waals surface area contributed by atoms with Crippen LogP contribution < -0.4 is 5.73 Å². The van der Waals surface area contributed by atoms with Crippen molar-refractivity contribution in [1.82, 2.24) is 10.2 Å². The number of hydrogen-bond acceptors (Lipinski definition) is 3. The minimum atomic E-state index is 0.718. The highest BCUT2D eigenvalue weighted by Gasteiger charge is 1.98. The molecule has 0 aliphatic rings. The summed E-state index contributed by atoms with van der Waals surface area (Å²) in [5.41, 5.74) is 5.09. The minimum Gasteiger partial charge on any atom is -0.390 e. The Balaban J connectivity index is 2.90. The third kappa shape index (κ3) is 1.30. The Bertz CT molecular complexity index is 229. The fourth-order valence-corrected chi connectivity index (χ4v) is 1.03. The van der Waals surface area contributed by atoms with E-state index in [-0.39, 0.29) is 0 Å². The van der Waals surface area contributed by atoms with Gasteiger partial charge in [-0.15, -0.1) is 11.8 Å². The smallest absolute Gasteiger partial charge is 0.163 e. The van der Waals surface area contributed by atoms with E-state index in [1.165, 1.54) is 6.34 Å². The van der Waals surface area contributed by atoms with Crippen LogP contribution in [-0.4, -0.2) is 22.8 Å². The first kappa shape index (κ1) is 7.14. The molecule has 4 nitrogen and oxygen atoms in total. The van der Waals surface area contributed by atoms with Crippen molar-refractivity contribution in [2.45, 2.75) is 4.90 Å². The SMILES string of the molecule is CSc1cn[nH]c1/N=C\N. The molecular weight excluding hydrogens is 148 g/mol. The predicted molar refractivity (Wildman–Crippen MR) is 42.7 cm³/mol. The summed E-state index contributed by atoms with van der Waals surface area (Å²) in [5.74, 6) is 0.718. The zero-order valence-electron chi connectivity index (χ0n) is 5.53. The van der Waals surface area contributed by atoms with Gasteiger partial charge in [0.05, 0.1) is 17.4 Å². The van der Waals surface area contributed by atoms with Crippen LogP contribution in [0.1, 0.15) is 0 Å². The molecule has 0 aliphatic carbocycles. The van der Waals surface area contributed by atoms with Crippen LogP contribution in [0.25, 0.3) is 0 Å². The van der Waals surface area contributed by atoms with Gasteiger partial charge in [0.1, 0.15) is 0 Å². The highest BCUT2D eigenvalue weighted by molar-refractivity contribution is 7.98. The van der Waals surface area contributed by atoms with E-state index in [1.54, 1.807) is 18.0 Å². The number of nitrogens with one attached hydrogen (secondary N) is 1. The van der Waals surface area contributed by atoms with Gasteiger partial charge in [0.15, 0.2) is 5.82 Å². The van der Waals surface area contributed by atoms with Crippen LogP contribution in [-0.2, 0) is 0 Å². The first-order valence-corrected chi connectivity index (χ1v) is 3.92. The van der Waals surface area contributed by atoms with Crippen molar-refractivity contribution in [3.8, 4) is 0 Å². The molecule has 0 spiro atoms. The monoisotopic (exact) mass is 156 g/mol. The molecule has 1 aromatic rings. The standard InChI is InChI=1S/C5H8N4S/c1-10-4-2-8-9-5(4)7-3-6/h2-3H,1H3,(H3,6,7,8,9). The van der Waals surface area contributed by atoms with E-state index in [1.807, 2.05) is 6.26 Å². The average Bonchev–Trinajstić information content (AvgIpc) is 2.36. The number of hydrogen-bond donors (Lipinski definition) is 2. The van der Waals surface area contributed by atoms with Crippen LogP contribution in [0.15, 0.2) is 16.1 Å². The van der Waals surface area contributed by atoms with Gasteiger partial charge in [0, 0.05) is 0 Å². The molecule has 0 saturated carbocycles. The quantitative estimate of drug-likeness (QED) is 0.377. The van der Waals surface area contributed by atoms with Gasteiger partial charge in [-0.1, -0.05) is 0 Å². The molecule has 0 fully saturated rings. The van der Waals surface area contributed by atoms with Crippen LogP contribution in [0.4, 0.5) is 5.82 Å². The van der Waals surface area contributed by atoms with Crippen molar-refractivity contribution in [3.63, 3.8) is 0 Å². The topological polar surface area (TPSA) is 67.1 Å². The van der Waals surface area contributed by atoms with E-state index in [4.69, 9.17) is 5.73 Å². The molecule has 0 aliphatic heterocycles. The molecule has 5 heteroatoms. The van der Waals surface area contributed by atoms with Crippen LogP contribution in [0.2, 0.25) is 0 Å². The molecule has 0 bridgehead atoms. The molecular formula is C5H8N4S. The highest BCUT2D eigenvalue weighted by atomic mass is 32.2. The lowest BCUT2D eigenvalue weighted by molar-refractivity contribution is 1.08. The van der Waals surface area contributed by atoms with Crippen molar-refractivity contribution < 1.29 is 0 Å².